The Bertz CT molecular complexity index is 2370. The van der Waals surface area contributed by atoms with Gasteiger partial charge in [0.1, 0.15) is 0 Å². The third-order valence-electron chi connectivity index (χ3n) is 8.45. The summed E-state index contributed by atoms with van der Waals surface area (Å²) >= 11 is 0. The summed E-state index contributed by atoms with van der Waals surface area (Å²) in [6.45, 7) is 6.47. The van der Waals surface area contributed by atoms with E-state index in [9.17, 15) is 4.79 Å². The number of rotatable bonds is 4. The summed E-state index contributed by atoms with van der Waals surface area (Å²) in [6.07, 6.45) is 4.12. The van der Waals surface area contributed by atoms with Gasteiger partial charge >= 0.3 is 0 Å². The zero-order chi connectivity index (χ0) is 29.1. The molecule has 3 nitrogen and oxygen atoms in total. The van der Waals surface area contributed by atoms with Gasteiger partial charge in [-0.1, -0.05) is 110 Å². The smallest absolute Gasteiger partial charge is 0.263 e. The fraction of sp³-hybridized carbons (Fsp3) is 0.0250. The van der Waals surface area contributed by atoms with Crippen LogP contribution in [-0.4, -0.2) is 4.57 Å². The van der Waals surface area contributed by atoms with Crippen LogP contribution in [0.2, 0.25) is 0 Å². The van der Waals surface area contributed by atoms with Crippen molar-refractivity contribution in [2.45, 2.75) is 6.92 Å². The van der Waals surface area contributed by atoms with Gasteiger partial charge in [-0.3, -0.25) is 9.36 Å². The van der Waals surface area contributed by atoms with E-state index in [4.69, 9.17) is 4.74 Å². The molecule has 0 aliphatic carbocycles. The van der Waals surface area contributed by atoms with Gasteiger partial charge < -0.3 is 4.74 Å². The number of aromatic nitrogens is 1. The molecular formula is C40H27NO2. The summed E-state index contributed by atoms with van der Waals surface area (Å²) in [6, 6.07) is 41.1. The van der Waals surface area contributed by atoms with Crippen LogP contribution in [-0.2, 0) is 0 Å². The molecule has 8 rings (SSSR count). The molecule has 0 atom stereocenters. The maximum Gasteiger partial charge on any atom is 0.263 e. The molecule has 0 saturated heterocycles. The maximum absolute atomic E-state index is 14.1. The highest BCUT2D eigenvalue weighted by Gasteiger charge is 2.25. The predicted molar refractivity (Wildman–Crippen MR) is 179 cm³/mol. The minimum absolute atomic E-state index is 0.0585. The zero-order valence-electron chi connectivity index (χ0n) is 23.7. The van der Waals surface area contributed by atoms with Crippen LogP contribution >= 0.6 is 0 Å². The van der Waals surface area contributed by atoms with Gasteiger partial charge in [0.25, 0.3) is 5.56 Å². The first-order chi connectivity index (χ1) is 21.1. The van der Waals surface area contributed by atoms with Crippen molar-refractivity contribution in [1.29, 1.82) is 0 Å². The Hall–Kier alpha value is -5.67. The Morgan fingerprint density at radius 3 is 2.33 bits per heavy atom. The summed E-state index contributed by atoms with van der Waals surface area (Å²) in [5.74, 6) is 1.29. The Kier molecular flexibility index (Phi) is 5.66. The first-order valence-electron chi connectivity index (χ1n) is 14.5. The number of nitrogens with zero attached hydrogens (tertiary/aromatic N) is 1. The lowest BCUT2D eigenvalue weighted by atomic mass is 9.93. The molecule has 2 heterocycles. The minimum Gasteiger partial charge on any atom is -0.453 e. The lowest BCUT2D eigenvalue weighted by Crippen LogP contribution is -2.22. The van der Waals surface area contributed by atoms with Crippen molar-refractivity contribution in [3.05, 3.63) is 161 Å². The van der Waals surface area contributed by atoms with E-state index in [1.54, 1.807) is 0 Å². The van der Waals surface area contributed by atoms with Crippen molar-refractivity contribution in [2.75, 3.05) is 0 Å². The largest absolute Gasteiger partial charge is 0.453 e. The molecule has 0 unspecified atom stereocenters. The zero-order valence-corrected chi connectivity index (χ0v) is 23.7. The second-order valence-electron chi connectivity index (χ2n) is 10.9. The molecule has 0 fully saturated rings. The van der Waals surface area contributed by atoms with E-state index in [1.807, 2.05) is 72.2 Å². The van der Waals surface area contributed by atoms with E-state index in [0.29, 0.717) is 16.9 Å². The first kappa shape index (κ1) is 25.1. The van der Waals surface area contributed by atoms with Crippen molar-refractivity contribution in [2.24, 2.45) is 0 Å². The van der Waals surface area contributed by atoms with Crippen LogP contribution in [0.25, 0.3) is 60.9 Å². The van der Waals surface area contributed by atoms with E-state index < -0.39 is 0 Å². The summed E-state index contributed by atoms with van der Waals surface area (Å²) in [5.41, 5.74) is 7.60. The minimum atomic E-state index is -0.0585. The van der Waals surface area contributed by atoms with Crippen molar-refractivity contribution >= 4 is 44.1 Å². The molecule has 0 saturated carbocycles. The predicted octanol–water partition coefficient (Wildman–Crippen LogP) is 10.2. The molecule has 0 amide bonds. The average molecular weight is 554 g/mol. The quantitative estimate of drug-likeness (QED) is 0.203. The number of pyridine rings is 1. The topological polar surface area (TPSA) is 31.2 Å². The van der Waals surface area contributed by atoms with Crippen molar-refractivity contribution in [3.63, 3.8) is 0 Å². The standard InChI is InChI=1S/C40H27NO2/c1-3-11-26-12-4-6-15-30(26)25(2)28-20-21-36-37(23-28)43-38-24-29(32-19-10-14-27-13-5-7-16-31(27)32)22-35-33-17-8-9-18-34(33)40(42)41(36)39(35)38/h3-24H,2H2,1H3/b11-3-. The third kappa shape index (κ3) is 3.86. The van der Waals surface area contributed by atoms with Crippen LogP contribution in [0.4, 0.5) is 0 Å². The van der Waals surface area contributed by atoms with Gasteiger partial charge in [0.15, 0.2) is 11.5 Å². The summed E-state index contributed by atoms with van der Waals surface area (Å²) in [5, 5.41) is 4.92. The van der Waals surface area contributed by atoms with Gasteiger partial charge in [-0.25, -0.2) is 0 Å². The molecule has 1 aliphatic rings. The Morgan fingerprint density at radius 1 is 0.721 bits per heavy atom. The molecule has 204 valence electrons. The normalized spacial score (nSPS) is 12.1. The molecule has 3 heteroatoms. The molecule has 0 N–H and O–H groups in total. The van der Waals surface area contributed by atoms with Crippen LogP contribution in [0.5, 0.6) is 11.5 Å². The molecule has 0 radical (unpaired) electrons. The number of hydrogen-bond donors (Lipinski definition) is 0. The first-order valence-corrected chi connectivity index (χ1v) is 14.5. The Morgan fingerprint density at radius 2 is 1.47 bits per heavy atom. The molecule has 0 spiro atoms. The monoisotopic (exact) mass is 553 g/mol. The van der Waals surface area contributed by atoms with Gasteiger partial charge in [-0.15, -0.1) is 0 Å². The number of benzene rings is 6. The van der Waals surface area contributed by atoms with E-state index in [-0.39, 0.29) is 5.56 Å². The summed E-state index contributed by atoms with van der Waals surface area (Å²) in [4.78, 5) is 14.1. The second kappa shape index (κ2) is 9.71. The van der Waals surface area contributed by atoms with Crippen LogP contribution in [0.15, 0.2) is 139 Å². The van der Waals surface area contributed by atoms with E-state index in [0.717, 1.165) is 55.4 Å². The number of fused-ring (bicyclic) bond motifs is 5. The molecule has 43 heavy (non-hydrogen) atoms. The highest BCUT2D eigenvalue weighted by atomic mass is 16.5. The highest BCUT2D eigenvalue weighted by molar-refractivity contribution is 6.11. The molecule has 7 aromatic rings. The summed E-state index contributed by atoms with van der Waals surface area (Å²) in [7, 11) is 0. The second-order valence-corrected chi connectivity index (χ2v) is 10.9. The fourth-order valence-corrected chi connectivity index (χ4v) is 6.45. The molecule has 0 bridgehead atoms. The van der Waals surface area contributed by atoms with E-state index >= 15 is 0 Å². The average Bonchev–Trinajstić information content (AvgIpc) is 3.05. The van der Waals surface area contributed by atoms with Crippen molar-refractivity contribution in [3.8, 4) is 28.3 Å². The third-order valence-corrected chi connectivity index (χ3v) is 8.45. The van der Waals surface area contributed by atoms with Gasteiger partial charge in [0.05, 0.1) is 11.2 Å². The summed E-state index contributed by atoms with van der Waals surface area (Å²) < 4.78 is 8.54. The van der Waals surface area contributed by atoms with Crippen LogP contribution in [0.1, 0.15) is 23.6 Å². The number of allylic oxidation sites excluding steroid dienone is 1. The highest BCUT2D eigenvalue weighted by Crippen LogP contribution is 2.45. The fourth-order valence-electron chi connectivity index (χ4n) is 6.45. The van der Waals surface area contributed by atoms with Gasteiger partial charge in [-0.05, 0) is 86.8 Å². The van der Waals surface area contributed by atoms with Crippen molar-refractivity contribution < 1.29 is 4.74 Å². The number of ether oxygens (including phenoxy) is 1. The number of hydrogen-bond acceptors (Lipinski definition) is 2. The van der Waals surface area contributed by atoms with Crippen LogP contribution in [0, 0.1) is 0 Å². The molecule has 1 aromatic heterocycles. The van der Waals surface area contributed by atoms with Gasteiger partial charge in [-0.2, -0.15) is 0 Å². The van der Waals surface area contributed by atoms with Gasteiger partial charge in [0.2, 0.25) is 0 Å². The lowest BCUT2D eigenvalue weighted by molar-refractivity contribution is 0.474. The Balaban J connectivity index is 1.38. The van der Waals surface area contributed by atoms with Crippen LogP contribution in [0.3, 0.4) is 0 Å². The molecule has 6 aromatic carbocycles. The van der Waals surface area contributed by atoms with E-state index in [2.05, 4.69) is 79.4 Å². The lowest BCUT2D eigenvalue weighted by Gasteiger charge is -2.25. The van der Waals surface area contributed by atoms with E-state index in [1.165, 1.54) is 10.8 Å². The maximum atomic E-state index is 14.1. The molecular weight excluding hydrogens is 526 g/mol. The SMILES string of the molecule is C=C(c1ccc2c(c1)Oc1cc(-c3cccc4ccccc34)cc3c4ccccc4c(=O)n-2c13)c1ccccc1/C=C\C. The van der Waals surface area contributed by atoms with Gasteiger partial charge in [0, 0.05) is 10.8 Å². The Labute approximate surface area is 249 Å². The van der Waals surface area contributed by atoms with Crippen molar-refractivity contribution in [1.82, 2.24) is 4.57 Å². The molecule has 1 aliphatic heterocycles. The van der Waals surface area contributed by atoms with Crippen LogP contribution < -0.4 is 10.3 Å².